The van der Waals surface area contributed by atoms with Crippen molar-refractivity contribution in [1.29, 1.82) is 0 Å². The van der Waals surface area contributed by atoms with E-state index >= 15 is 0 Å². The summed E-state index contributed by atoms with van der Waals surface area (Å²) in [5.41, 5.74) is 3.31. The molecule has 4 rings (SSSR count). The van der Waals surface area contributed by atoms with Crippen LogP contribution in [0.15, 0.2) is 54.6 Å². The number of hydrogen-bond acceptors (Lipinski definition) is 6. The van der Waals surface area contributed by atoms with Crippen LogP contribution in [-0.4, -0.2) is 52.5 Å². The van der Waals surface area contributed by atoms with Crippen molar-refractivity contribution in [2.24, 2.45) is 0 Å². The Bertz CT molecular complexity index is 1060. The molecule has 2 aromatic carbocycles. The number of benzene rings is 2. The molecule has 0 aliphatic carbocycles. The Morgan fingerprint density at radius 1 is 1.09 bits per heavy atom. The third-order valence-electron chi connectivity index (χ3n) is 5.55. The highest BCUT2D eigenvalue weighted by atomic mass is 32.1. The highest BCUT2D eigenvalue weighted by Gasteiger charge is 2.21. The highest BCUT2D eigenvalue weighted by Crippen LogP contribution is 2.39. The van der Waals surface area contributed by atoms with Gasteiger partial charge in [-0.2, -0.15) is 0 Å². The van der Waals surface area contributed by atoms with Gasteiger partial charge in [0, 0.05) is 25.2 Å². The fraction of sp³-hybridized carbons (Fsp3) is 0.346. The zero-order valence-electron chi connectivity index (χ0n) is 19.1. The van der Waals surface area contributed by atoms with Crippen molar-refractivity contribution in [2.75, 3.05) is 51.5 Å². The van der Waals surface area contributed by atoms with Gasteiger partial charge >= 0.3 is 0 Å². The Morgan fingerprint density at radius 2 is 1.88 bits per heavy atom. The van der Waals surface area contributed by atoms with Gasteiger partial charge in [0.1, 0.15) is 0 Å². The second-order valence-corrected chi connectivity index (χ2v) is 8.75. The number of methoxy groups -OCH3 is 1. The first-order valence-corrected chi connectivity index (χ1v) is 12.1. The first-order valence-electron chi connectivity index (χ1n) is 11.3. The Kier molecular flexibility index (Phi) is 7.86. The first kappa shape index (κ1) is 23.1. The molecule has 174 valence electrons. The van der Waals surface area contributed by atoms with Gasteiger partial charge in [0.2, 0.25) is 0 Å². The molecule has 33 heavy (non-hydrogen) atoms. The molecule has 1 fully saturated rings. The van der Waals surface area contributed by atoms with Crippen LogP contribution >= 0.6 is 11.3 Å². The van der Waals surface area contributed by atoms with E-state index in [-0.39, 0.29) is 5.91 Å². The van der Waals surface area contributed by atoms with E-state index in [0.717, 1.165) is 45.4 Å². The van der Waals surface area contributed by atoms with Crippen molar-refractivity contribution < 1.29 is 19.0 Å². The lowest BCUT2D eigenvalue weighted by atomic mass is 10.1. The summed E-state index contributed by atoms with van der Waals surface area (Å²) in [4.78, 5) is 16.0. The molecule has 0 unspecified atom stereocenters. The van der Waals surface area contributed by atoms with Crippen LogP contribution in [0.2, 0.25) is 0 Å². The van der Waals surface area contributed by atoms with Crippen molar-refractivity contribution in [2.45, 2.75) is 13.3 Å². The number of hydrogen-bond donors (Lipinski definition) is 1. The second-order valence-electron chi connectivity index (χ2n) is 7.72. The maximum Gasteiger partial charge on any atom is 0.261 e. The van der Waals surface area contributed by atoms with Crippen LogP contribution in [0.25, 0.3) is 11.1 Å². The summed E-state index contributed by atoms with van der Waals surface area (Å²) in [6.45, 7) is 6.15. The molecule has 0 spiro atoms. The summed E-state index contributed by atoms with van der Waals surface area (Å²) in [7, 11) is 1.63. The number of morpholine rings is 1. The molecular formula is C26H30N2O4S. The van der Waals surface area contributed by atoms with E-state index < -0.39 is 0 Å². The van der Waals surface area contributed by atoms with Gasteiger partial charge in [-0.1, -0.05) is 36.4 Å². The average molecular weight is 467 g/mol. The predicted octanol–water partition coefficient (Wildman–Crippen LogP) is 4.63. The molecule has 0 saturated carbocycles. The largest absolute Gasteiger partial charge is 0.493 e. The zero-order valence-corrected chi connectivity index (χ0v) is 20.0. The van der Waals surface area contributed by atoms with E-state index in [9.17, 15) is 4.79 Å². The average Bonchev–Trinajstić information content (AvgIpc) is 3.31. The van der Waals surface area contributed by atoms with Crippen LogP contribution in [0.5, 0.6) is 11.5 Å². The van der Waals surface area contributed by atoms with Gasteiger partial charge in [0.05, 0.1) is 36.8 Å². The van der Waals surface area contributed by atoms with Crippen LogP contribution in [0, 0.1) is 0 Å². The minimum absolute atomic E-state index is 0.0461. The fourth-order valence-corrected chi connectivity index (χ4v) is 5.02. The third-order valence-corrected chi connectivity index (χ3v) is 6.74. The van der Waals surface area contributed by atoms with Gasteiger partial charge < -0.3 is 24.4 Å². The van der Waals surface area contributed by atoms with Gasteiger partial charge in [-0.3, -0.25) is 4.79 Å². The molecule has 1 aromatic heterocycles. The fourth-order valence-electron chi connectivity index (χ4n) is 3.87. The molecule has 0 bridgehead atoms. The Balaban J connectivity index is 1.46. The molecular weight excluding hydrogens is 436 g/mol. The van der Waals surface area contributed by atoms with Gasteiger partial charge in [-0.15, -0.1) is 11.3 Å². The topological polar surface area (TPSA) is 60.0 Å². The maximum absolute atomic E-state index is 13.0. The molecule has 1 saturated heterocycles. The SMILES string of the molecule is CCOc1cc(CCNC(=O)c2cc(-c3ccccc3)c(N3CCOCC3)s2)ccc1OC. The van der Waals surface area contributed by atoms with Crippen LogP contribution < -0.4 is 19.7 Å². The van der Waals surface area contributed by atoms with Crippen molar-refractivity contribution in [3.8, 4) is 22.6 Å². The van der Waals surface area contributed by atoms with E-state index in [1.165, 1.54) is 0 Å². The molecule has 1 amide bonds. The standard InChI is InChI=1S/C26H30N2O4S/c1-3-32-23-17-19(9-10-22(23)30-2)11-12-27-25(29)24-18-21(20-7-5-4-6-8-20)26(33-24)28-13-15-31-16-14-28/h4-10,17-18H,3,11-16H2,1-2H3,(H,27,29). The smallest absolute Gasteiger partial charge is 0.261 e. The summed E-state index contributed by atoms with van der Waals surface area (Å²) >= 11 is 1.55. The van der Waals surface area contributed by atoms with Crippen LogP contribution in [0.3, 0.4) is 0 Å². The van der Waals surface area contributed by atoms with Crippen LogP contribution in [-0.2, 0) is 11.2 Å². The highest BCUT2D eigenvalue weighted by molar-refractivity contribution is 7.18. The number of nitrogens with one attached hydrogen (secondary N) is 1. The summed E-state index contributed by atoms with van der Waals surface area (Å²) in [6, 6.07) is 18.1. The molecule has 6 nitrogen and oxygen atoms in total. The van der Waals surface area contributed by atoms with Crippen molar-refractivity contribution in [3.05, 3.63) is 65.0 Å². The summed E-state index contributed by atoms with van der Waals surface area (Å²) < 4.78 is 16.5. The van der Waals surface area contributed by atoms with Gasteiger partial charge in [-0.05, 0) is 42.7 Å². The number of nitrogens with zero attached hydrogens (tertiary/aromatic N) is 1. The van der Waals surface area contributed by atoms with E-state index in [1.54, 1.807) is 18.4 Å². The number of thiophene rings is 1. The molecule has 2 heterocycles. The van der Waals surface area contributed by atoms with E-state index in [1.807, 2.05) is 49.4 Å². The van der Waals surface area contributed by atoms with Crippen molar-refractivity contribution in [3.63, 3.8) is 0 Å². The van der Waals surface area contributed by atoms with Crippen LogP contribution in [0.4, 0.5) is 5.00 Å². The number of ether oxygens (including phenoxy) is 3. The molecule has 1 N–H and O–H groups in total. The number of carbonyl (C=O) groups is 1. The third kappa shape index (κ3) is 5.67. The molecule has 7 heteroatoms. The molecule has 1 aliphatic heterocycles. The number of anilines is 1. The minimum atomic E-state index is -0.0461. The lowest BCUT2D eigenvalue weighted by Crippen LogP contribution is -2.35. The molecule has 0 radical (unpaired) electrons. The summed E-state index contributed by atoms with van der Waals surface area (Å²) in [5, 5.41) is 4.21. The summed E-state index contributed by atoms with van der Waals surface area (Å²) in [6.07, 6.45) is 0.711. The lowest BCUT2D eigenvalue weighted by Gasteiger charge is -2.28. The number of rotatable bonds is 9. The normalized spacial score (nSPS) is 13.6. The van der Waals surface area contributed by atoms with Crippen LogP contribution in [0.1, 0.15) is 22.2 Å². The first-order chi connectivity index (χ1) is 16.2. The Labute approximate surface area is 199 Å². The van der Waals surface area contributed by atoms with Crippen molar-refractivity contribution in [1.82, 2.24) is 5.32 Å². The Hall–Kier alpha value is -3.03. The second kappa shape index (κ2) is 11.2. The molecule has 0 atom stereocenters. The van der Waals surface area contributed by atoms with Crippen molar-refractivity contribution >= 4 is 22.2 Å². The lowest BCUT2D eigenvalue weighted by molar-refractivity contribution is 0.0958. The monoisotopic (exact) mass is 466 g/mol. The zero-order chi connectivity index (χ0) is 23.0. The quantitative estimate of drug-likeness (QED) is 0.498. The number of carbonyl (C=O) groups excluding carboxylic acids is 1. The minimum Gasteiger partial charge on any atom is -0.493 e. The van der Waals surface area contributed by atoms with Gasteiger partial charge in [0.25, 0.3) is 5.91 Å². The summed E-state index contributed by atoms with van der Waals surface area (Å²) in [5.74, 6) is 1.40. The molecule has 3 aromatic rings. The van der Waals surface area contributed by atoms with E-state index in [0.29, 0.717) is 38.5 Å². The predicted molar refractivity (Wildman–Crippen MR) is 133 cm³/mol. The van der Waals surface area contributed by atoms with Gasteiger partial charge in [-0.25, -0.2) is 0 Å². The van der Waals surface area contributed by atoms with E-state index in [2.05, 4.69) is 22.3 Å². The number of amides is 1. The molecule has 1 aliphatic rings. The van der Waals surface area contributed by atoms with Gasteiger partial charge in [0.15, 0.2) is 11.5 Å². The van der Waals surface area contributed by atoms with E-state index in [4.69, 9.17) is 14.2 Å². The Morgan fingerprint density at radius 3 is 2.61 bits per heavy atom. The maximum atomic E-state index is 13.0.